The van der Waals surface area contributed by atoms with Gasteiger partial charge in [0.1, 0.15) is 5.01 Å². The van der Waals surface area contributed by atoms with Gasteiger partial charge in [-0.25, -0.2) is 4.98 Å². The molecule has 5 nitrogen and oxygen atoms in total. The zero-order chi connectivity index (χ0) is 19.3. The fraction of sp³-hybridized carbons (Fsp3) is 0.273. The zero-order valence-electron chi connectivity index (χ0n) is 15.7. The molecule has 2 heterocycles. The van der Waals surface area contributed by atoms with Gasteiger partial charge in [-0.05, 0) is 55.3 Å². The number of benzene rings is 2. The van der Waals surface area contributed by atoms with E-state index in [1.807, 2.05) is 54.8 Å². The van der Waals surface area contributed by atoms with Gasteiger partial charge in [0.25, 0.3) is 0 Å². The average molecular weight is 394 g/mol. The summed E-state index contributed by atoms with van der Waals surface area (Å²) in [4.78, 5) is 16.8. The number of amides is 1. The molecule has 28 heavy (non-hydrogen) atoms. The number of nitrogens with one attached hydrogen (secondary N) is 1. The fourth-order valence-corrected chi connectivity index (χ4v) is 3.83. The Morgan fingerprint density at radius 1 is 1.11 bits per heavy atom. The highest BCUT2D eigenvalue weighted by atomic mass is 32.1. The lowest BCUT2D eigenvalue weighted by Gasteiger charge is -2.10. The van der Waals surface area contributed by atoms with Crippen LogP contribution in [0.25, 0.3) is 10.6 Å². The van der Waals surface area contributed by atoms with Gasteiger partial charge in [-0.2, -0.15) is 0 Å². The van der Waals surface area contributed by atoms with Gasteiger partial charge in [-0.15, -0.1) is 11.3 Å². The monoisotopic (exact) mass is 394 g/mol. The Kier molecular flexibility index (Phi) is 5.58. The topological polar surface area (TPSA) is 60.5 Å². The minimum atomic E-state index is -0.00930. The summed E-state index contributed by atoms with van der Waals surface area (Å²) in [5.74, 6) is 1.54. The molecule has 3 aromatic rings. The molecule has 1 aromatic heterocycles. The Morgan fingerprint density at radius 3 is 2.64 bits per heavy atom. The lowest BCUT2D eigenvalue weighted by atomic mass is 10.1. The van der Waals surface area contributed by atoms with Crippen LogP contribution in [0.5, 0.6) is 11.5 Å². The molecular formula is C22H22N2O3S. The second-order valence-corrected chi connectivity index (χ2v) is 7.61. The number of hydrogen-bond donors (Lipinski definition) is 1. The van der Waals surface area contributed by atoms with Crippen molar-refractivity contribution < 1.29 is 14.3 Å². The predicted octanol–water partition coefficient (Wildman–Crippen LogP) is 4.85. The summed E-state index contributed by atoms with van der Waals surface area (Å²) in [6.45, 7) is 3.32. The van der Waals surface area contributed by atoms with Crippen LogP contribution in [-0.4, -0.2) is 24.1 Å². The smallest absolute Gasteiger partial charge is 0.224 e. The molecule has 1 N–H and O–H groups in total. The summed E-state index contributed by atoms with van der Waals surface area (Å²) in [7, 11) is 0. The number of rotatable bonds is 5. The largest absolute Gasteiger partial charge is 0.490 e. The van der Waals surface area contributed by atoms with Crippen LogP contribution in [0.2, 0.25) is 0 Å². The van der Waals surface area contributed by atoms with Crippen LogP contribution in [0.15, 0.2) is 47.8 Å². The van der Waals surface area contributed by atoms with Crippen LogP contribution in [0.3, 0.4) is 0 Å². The number of aryl methyl sites for hydroxylation is 2. The maximum Gasteiger partial charge on any atom is 0.224 e. The highest BCUT2D eigenvalue weighted by Gasteiger charge is 2.11. The number of carbonyl (C=O) groups excluding carboxylic acids is 1. The number of thiazole rings is 1. The van der Waals surface area contributed by atoms with Gasteiger partial charge in [-0.3, -0.25) is 4.79 Å². The van der Waals surface area contributed by atoms with Crippen molar-refractivity contribution in [3.05, 3.63) is 59.1 Å². The van der Waals surface area contributed by atoms with E-state index in [2.05, 4.69) is 10.3 Å². The predicted molar refractivity (Wildman–Crippen MR) is 111 cm³/mol. The van der Waals surface area contributed by atoms with Crippen LogP contribution < -0.4 is 14.8 Å². The van der Waals surface area contributed by atoms with E-state index in [0.29, 0.717) is 26.1 Å². The van der Waals surface area contributed by atoms with Crippen molar-refractivity contribution in [1.29, 1.82) is 0 Å². The molecule has 0 radical (unpaired) electrons. The van der Waals surface area contributed by atoms with E-state index < -0.39 is 0 Å². The van der Waals surface area contributed by atoms with Crippen molar-refractivity contribution in [2.75, 3.05) is 18.5 Å². The molecule has 0 aliphatic carbocycles. The number of aromatic nitrogens is 1. The van der Waals surface area contributed by atoms with Crippen molar-refractivity contribution in [2.24, 2.45) is 0 Å². The number of fused-ring (bicyclic) bond motifs is 1. The van der Waals surface area contributed by atoms with E-state index in [9.17, 15) is 4.79 Å². The normalized spacial score (nSPS) is 13.0. The summed E-state index contributed by atoms with van der Waals surface area (Å²) in [5, 5.41) is 5.98. The Labute approximate surface area is 168 Å². The summed E-state index contributed by atoms with van der Waals surface area (Å²) in [6, 6.07) is 13.7. The number of hydrogen-bond acceptors (Lipinski definition) is 5. The van der Waals surface area contributed by atoms with E-state index >= 15 is 0 Å². The molecule has 2 aromatic carbocycles. The number of anilines is 1. The molecule has 0 spiro atoms. The maximum atomic E-state index is 12.3. The molecule has 0 bridgehead atoms. The number of ether oxygens (including phenoxy) is 2. The molecule has 0 fully saturated rings. The zero-order valence-corrected chi connectivity index (χ0v) is 16.6. The SMILES string of the molecule is Cc1csc(-c2ccc(NC(=O)CCc3ccc4c(c3)OCCCO4)cc2)n1. The van der Waals surface area contributed by atoms with Gasteiger partial charge in [0.05, 0.1) is 13.2 Å². The first-order chi connectivity index (χ1) is 13.7. The van der Waals surface area contributed by atoms with Crippen molar-refractivity contribution in [2.45, 2.75) is 26.2 Å². The molecule has 1 aliphatic heterocycles. The summed E-state index contributed by atoms with van der Waals surface area (Å²) in [5.41, 5.74) is 3.94. The van der Waals surface area contributed by atoms with Gasteiger partial charge in [0.15, 0.2) is 11.5 Å². The van der Waals surface area contributed by atoms with E-state index in [0.717, 1.165) is 45.4 Å². The van der Waals surface area contributed by atoms with E-state index in [1.54, 1.807) is 11.3 Å². The standard InChI is InChI=1S/C22H22N2O3S/c1-15-14-28-22(23-15)17-5-7-18(8-6-17)24-21(25)10-4-16-3-9-19-20(13-16)27-12-2-11-26-19/h3,5-9,13-14H,2,4,10-12H2,1H3,(H,24,25). The number of nitrogens with zero attached hydrogens (tertiary/aromatic N) is 1. The second kappa shape index (κ2) is 8.44. The molecule has 144 valence electrons. The van der Waals surface area contributed by atoms with Crippen molar-refractivity contribution in [1.82, 2.24) is 4.98 Å². The van der Waals surface area contributed by atoms with Crippen molar-refractivity contribution in [3.63, 3.8) is 0 Å². The van der Waals surface area contributed by atoms with Crippen LogP contribution in [0.1, 0.15) is 24.1 Å². The minimum absolute atomic E-state index is 0.00930. The van der Waals surface area contributed by atoms with Crippen molar-refractivity contribution >= 4 is 22.9 Å². The van der Waals surface area contributed by atoms with Crippen LogP contribution >= 0.6 is 11.3 Å². The number of carbonyl (C=O) groups is 1. The van der Waals surface area contributed by atoms with Gasteiger partial charge in [0, 0.05) is 35.2 Å². The molecule has 4 rings (SSSR count). The third-order valence-corrected chi connectivity index (χ3v) is 5.50. The molecular weight excluding hydrogens is 372 g/mol. The molecule has 1 aliphatic rings. The first-order valence-electron chi connectivity index (χ1n) is 9.38. The Morgan fingerprint density at radius 2 is 1.89 bits per heavy atom. The van der Waals surface area contributed by atoms with Gasteiger partial charge < -0.3 is 14.8 Å². The summed E-state index contributed by atoms with van der Waals surface area (Å²) >= 11 is 1.62. The minimum Gasteiger partial charge on any atom is -0.490 e. The van der Waals surface area contributed by atoms with Gasteiger partial charge in [-0.1, -0.05) is 6.07 Å². The molecule has 0 atom stereocenters. The Hall–Kier alpha value is -2.86. The molecule has 6 heteroatoms. The highest BCUT2D eigenvalue weighted by molar-refractivity contribution is 7.13. The third-order valence-electron chi connectivity index (χ3n) is 4.49. The lowest BCUT2D eigenvalue weighted by Crippen LogP contribution is -2.12. The molecule has 0 saturated carbocycles. The van der Waals surface area contributed by atoms with E-state index in [4.69, 9.17) is 9.47 Å². The summed E-state index contributed by atoms with van der Waals surface area (Å²) in [6.07, 6.45) is 1.94. The van der Waals surface area contributed by atoms with E-state index in [-0.39, 0.29) is 5.91 Å². The Balaban J connectivity index is 1.32. The fourth-order valence-electron chi connectivity index (χ4n) is 3.03. The molecule has 0 saturated heterocycles. The van der Waals surface area contributed by atoms with Crippen LogP contribution in [0, 0.1) is 6.92 Å². The highest BCUT2D eigenvalue weighted by Crippen LogP contribution is 2.31. The summed E-state index contributed by atoms with van der Waals surface area (Å²) < 4.78 is 11.4. The first kappa shape index (κ1) is 18.5. The van der Waals surface area contributed by atoms with Crippen molar-refractivity contribution in [3.8, 4) is 22.1 Å². The first-order valence-corrected chi connectivity index (χ1v) is 10.3. The average Bonchev–Trinajstić information content (AvgIpc) is 3.00. The van der Waals surface area contributed by atoms with Gasteiger partial charge >= 0.3 is 0 Å². The van der Waals surface area contributed by atoms with Gasteiger partial charge in [0.2, 0.25) is 5.91 Å². The van der Waals surface area contributed by atoms with Crippen LogP contribution in [0.4, 0.5) is 5.69 Å². The maximum absolute atomic E-state index is 12.3. The third kappa shape index (κ3) is 4.51. The molecule has 0 unspecified atom stereocenters. The Bertz CT molecular complexity index is 966. The second-order valence-electron chi connectivity index (χ2n) is 6.75. The quantitative estimate of drug-likeness (QED) is 0.672. The van der Waals surface area contributed by atoms with Crippen LogP contribution in [-0.2, 0) is 11.2 Å². The molecule has 1 amide bonds. The van der Waals surface area contributed by atoms with E-state index in [1.165, 1.54) is 0 Å². The lowest BCUT2D eigenvalue weighted by molar-refractivity contribution is -0.116.